The molecular weight excluding hydrogens is 288 g/mol. The molecule has 6 N–H and O–H groups in total. The van der Waals surface area contributed by atoms with Crippen molar-refractivity contribution in [1.82, 2.24) is 0 Å². The first-order chi connectivity index (χ1) is 9.69. The van der Waals surface area contributed by atoms with E-state index in [0.29, 0.717) is 19.3 Å². The zero-order valence-electron chi connectivity index (χ0n) is 12.7. The van der Waals surface area contributed by atoms with Gasteiger partial charge in [-0.1, -0.05) is 6.07 Å². The maximum Gasteiger partial charge on any atom is 0.220 e. The lowest BCUT2D eigenvalue weighted by atomic mass is 9.88. The van der Waals surface area contributed by atoms with Crippen LogP contribution in [0.4, 0.5) is 0 Å². The molecule has 6 heteroatoms. The van der Waals surface area contributed by atoms with Gasteiger partial charge in [-0.2, -0.15) is 0 Å². The van der Waals surface area contributed by atoms with E-state index in [0.717, 1.165) is 4.88 Å². The van der Waals surface area contributed by atoms with Crippen LogP contribution in [0.2, 0.25) is 0 Å². The Labute approximate surface area is 130 Å². The maximum atomic E-state index is 11.5. The molecule has 21 heavy (non-hydrogen) atoms. The minimum atomic E-state index is -0.849. The molecule has 0 aliphatic carbocycles. The average molecular weight is 314 g/mol. The van der Waals surface area contributed by atoms with Crippen LogP contribution in [-0.4, -0.2) is 33.9 Å². The second-order valence-electron chi connectivity index (χ2n) is 6.20. The molecule has 1 aromatic rings. The Kier molecular flexibility index (Phi) is 6.80. The molecule has 0 saturated carbocycles. The summed E-state index contributed by atoms with van der Waals surface area (Å²) in [4.78, 5) is 12.6. The van der Waals surface area contributed by atoms with E-state index < -0.39 is 29.6 Å². The van der Waals surface area contributed by atoms with Gasteiger partial charge in [0, 0.05) is 16.8 Å². The number of primary amides is 1. The summed E-state index contributed by atoms with van der Waals surface area (Å²) < 4.78 is 0. The Morgan fingerprint density at radius 2 is 2.14 bits per heavy atom. The highest BCUT2D eigenvalue weighted by atomic mass is 32.1. The number of aliphatic hydroxyl groups excluding tert-OH is 1. The number of carbonyl (C=O) groups is 1. The molecule has 120 valence electrons. The first-order valence-corrected chi connectivity index (χ1v) is 8.04. The van der Waals surface area contributed by atoms with Crippen LogP contribution in [0.25, 0.3) is 0 Å². The van der Waals surface area contributed by atoms with Gasteiger partial charge in [-0.15, -0.1) is 11.3 Å². The zero-order valence-corrected chi connectivity index (χ0v) is 13.5. The fourth-order valence-corrected chi connectivity index (χ4v) is 2.94. The number of hydrogen-bond donors (Lipinski definition) is 4. The van der Waals surface area contributed by atoms with Gasteiger partial charge in [-0.25, -0.2) is 0 Å². The Balaban J connectivity index is 2.51. The molecule has 0 radical (unpaired) electrons. The van der Waals surface area contributed by atoms with Gasteiger partial charge in [-0.3, -0.25) is 4.79 Å². The summed E-state index contributed by atoms with van der Waals surface area (Å²) in [5, 5.41) is 21.9. The number of amides is 1. The molecule has 5 nitrogen and oxygen atoms in total. The van der Waals surface area contributed by atoms with Crippen molar-refractivity contribution in [2.24, 2.45) is 17.4 Å². The zero-order chi connectivity index (χ0) is 16.0. The Morgan fingerprint density at radius 3 is 2.62 bits per heavy atom. The number of nitrogens with two attached hydrogens (primary N) is 2. The predicted octanol–water partition coefficient (Wildman–Crippen LogP) is 1.02. The van der Waals surface area contributed by atoms with E-state index in [-0.39, 0.29) is 6.42 Å². The minimum Gasteiger partial charge on any atom is -0.391 e. The SMILES string of the molecule is CC(C)(O)CC[C@H](C[C@H](O)[C@@H](N)Cc1cccs1)C(N)=O. The summed E-state index contributed by atoms with van der Waals surface area (Å²) >= 11 is 1.59. The second kappa shape index (κ2) is 7.89. The molecule has 0 aromatic carbocycles. The van der Waals surface area contributed by atoms with E-state index in [1.54, 1.807) is 25.2 Å². The van der Waals surface area contributed by atoms with E-state index in [4.69, 9.17) is 11.5 Å². The first kappa shape index (κ1) is 18.1. The third kappa shape index (κ3) is 7.04. The van der Waals surface area contributed by atoms with Crippen LogP contribution in [0.1, 0.15) is 38.0 Å². The van der Waals surface area contributed by atoms with Crippen LogP contribution in [0.15, 0.2) is 17.5 Å². The number of hydrogen-bond acceptors (Lipinski definition) is 5. The molecule has 0 bridgehead atoms. The van der Waals surface area contributed by atoms with Crippen molar-refractivity contribution in [1.29, 1.82) is 0 Å². The predicted molar refractivity (Wildman–Crippen MR) is 84.8 cm³/mol. The van der Waals surface area contributed by atoms with Gasteiger partial charge in [0.05, 0.1) is 11.7 Å². The van der Waals surface area contributed by atoms with Crippen molar-refractivity contribution in [3.8, 4) is 0 Å². The van der Waals surface area contributed by atoms with Crippen LogP contribution in [0, 0.1) is 5.92 Å². The van der Waals surface area contributed by atoms with Gasteiger partial charge in [-0.05, 0) is 51.0 Å². The van der Waals surface area contributed by atoms with E-state index in [1.165, 1.54) is 0 Å². The number of rotatable bonds is 9. The quantitative estimate of drug-likeness (QED) is 0.545. The van der Waals surface area contributed by atoms with Gasteiger partial charge in [0.2, 0.25) is 5.91 Å². The van der Waals surface area contributed by atoms with Crippen molar-refractivity contribution in [2.45, 2.75) is 57.3 Å². The molecule has 0 aliphatic rings. The fourth-order valence-electron chi connectivity index (χ4n) is 2.17. The topological polar surface area (TPSA) is 110 Å². The van der Waals surface area contributed by atoms with Crippen LogP contribution in [0.3, 0.4) is 0 Å². The minimum absolute atomic E-state index is 0.234. The van der Waals surface area contributed by atoms with Crippen LogP contribution in [0.5, 0.6) is 0 Å². The van der Waals surface area contributed by atoms with Gasteiger partial charge in [0.25, 0.3) is 0 Å². The maximum absolute atomic E-state index is 11.5. The first-order valence-electron chi connectivity index (χ1n) is 7.17. The molecule has 0 saturated heterocycles. The summed E-state index contributed by atoms with van der Waals surface area (Å²) in [5.74, 6) is -0.928. The van der Waals surface area contributed by atoms with Crippen LogP contribution >= 0.6 is 11.3 Å². The Bertz CT molecular complexity index is 429. The van der Waals surface area contributed by atoms with Gasteiger partial charge < -0.3 is 21.7 Å². The van der Waals surface area contributed by atoms with Crippen molar-refractivity contribution >= 4 is 17.2 Å². The molecule has 0 unspecified atom stereocenters. The fraction of sp³-hybridized carbons (Fsp3) is 0.667. The van der Waals surface area contributed by atoms with Crippen LogP contribution < -0.4 is 11.5 Å². The summed E-state index contributed by atoms with van der Waals surface area (Å²) in [7, 11) is 0. The number of thiophene rings is 1. The lowest BCUT2D eigenvalue weighted by Gasteiger charge is -2.24. The van der Waals surface area contributed by atoms with E-state index in [9.17, 15) is 15.0 Å². The monoisotopic (exact) mass is 314 g/mol. The molecule has 0 spiro atoms. The second-order valence-corrected chi connectivity index (χ2v) is 7.23. The number of carbonyl (C=O) groups excluding carboxylic acids is 1. The molecule has 0 aliphatic heterocycles. The molecule has 1 rings (SSSR count). The van der Waals surface area contributed by atoms with Crippen molar-refractivity contribution in [2.75, 3.05) is 0 Å². The highest BCUT2D eigenvalue weighted by Gasteiger charge is 2.26. The highest BCUT2D eigenvalue weighted by molar-refractivity contribution is 7.09. The van der Waals surface area contributed by atoms with E-state index in [2.05, 4.69) is 0 Å². The Morgan fingerprint density at radius 1 is 1.48 bits per heavy atom. The van der Waals surface area contributed by atoms with Crippen LogP contribution in [-0.2, 0) is 11.2 Å². The lowest BCUT2D eigenvalue weighted by Crippen LogP contribution is -2.40. The molecule has 0 fully saturated rings. The Hall–Kier alpha value is -0.950. The van der Waals surface area contributed by atoms with E-state index in [1.807, 2.05) is 17.5 Å². The smallest absolute Gasteiger partial charge is 0.220 e. The molecule has 1 heterocycles. The molecule has 1 aromatic heterocycles. The number of aliphatic hydroxyl groups is 2. The summed E-state index contributed by atoms with van der Waals surface area (Å²) in [6, 6.07) is 3.48. The third-order valence-electron chi connectivity index (χ3n) is 3.54. The molecule has 1 amide bonds. The van der Waals surface area contributed by atoms with E-state index >= 15 is 0 Å². The van der Waals surface area contributed by atoms with Gasteiger partial charge in [0.15, 0.2) is 0 Å². The van der Waals surface area contributed by atoms with Gasteiger partial charge >= 0.3 is 0 Å². The summed E-state index contributed by atoms with van der Waals surface area (Å²) in [6.45, 7) is 3.37. The van der Waals surface area contributed by atoms with Crippen molar-refractivity contribution < 1.29 is 15.0 Å². The largest absolute Gasteiger partial charge is 0.391 e. The van der Waals surface area contributed by atoms with Crippen molar-refractivity contribution in [3.63, 3.8) is 0 Å². The standard InChI is InChI=1S/C15H26N2O3S/c1-15(2,20)6-5-10(14(17)19)8-13(18)12(16)9-11-4-3-7-21-11/h3-4,7,10,12-13,18,20H,5-6,8-9,16H2,1-2H3,(H2,17,19)/t10-,12+,13+/m1/s1. The highest BCUT2D eigenvalue weighted by Crippen LogP contribution is 2.21. The lowest BCUT2D eigenvalue weighted by molar-refractivity contribution is -0.123. The normalized spacial score (nSPS) is 16.4. The average Bonchev–Trinajstić information content (AvgIpc) is 2.85. The molecular formula is C15H26N2O3S. The summed E-state index contributed by atoms with van der Waals surface area (Å²) in [5.41, 5.74) is 10.5. The molecule has 3 atom stereocenters. The third-order valence-corrected chi connectivity index (χ3v) is 4.44. The van der Waals surface area contributed by atoms with Crippen molar-refractivity contribution in [3.05, 3.63) is 22.4 Å². The van der Waals surface area contributed by atoms with Gasteiger partial charge in [0.1, 0.15) is 0 Å². The summed E-state index contributed by atoms with van der Waals surface area (Å²) in [6.07, 6.45) is 0.925.